The minimum absolute atomic E-state index is 0.0118. The second-order valence-corrected chi connectivity index (χ2v) is 20.5. The van der Waals surface area contributed by atoms with Crippen molar-refractivity contribution in [3.8, 4) is 0 Å². The summed E-state index contributed by atoms with van der Waals surface area (Å²) in [4.78, 5) is 4.97. The number of hydrogen-bond donors (Lipinski definition) is 0. The largest absolute Gasteiger partial charge is 0.310 e. The highest BCUT2D eigenvalue weighted by molar-refractivity contribution is 6.28. The second kappa shape index (κ2) is 14.0. The Labute approximate surface area is 347 Å². The molecule has 0 atom stereocenters. The van der Waals surface area contributed by atoms with Gasteiger partial charge >= 0.3 is 0 Å². The molecule has 0 spiro atoms. The van der Waals surface area contributed by atoms with E-state index in [0.717, 1.165) is 11.4 Å². The molecule has 0 radical (unpaired) electrons. The molecule has 0 aliphatic rings. The summed E-state index contributed by atoms with van der Waals surface area (Å²) in [5.74, 6) is 0. The van der Waals surface area contributed by atoms with E-state index in [1.165, 1.54) is 77.3 Å². The maximum Gasteiger partial charge on any atom is 0.0540 e. The van der Waals surface area contributed by atoms with Crippen LogP contribution in [-0.4, -0.2) is 0 Å². The van der Waals surface area contributed by atoms with Gasteiger partial charge in [-0.3, -0.25) is 0 Å². The Morgan fingerprint density at radius 1 is 0.293 bits per heavy atom. The Bertz CT molecular complexity index is 2490. The lowest BCUT2D eigenvalue weighted by Gasteiger charge is -2.33. The van der Waals surface area contributed by atoms with E-state index in [0.29, 0.717) is 0 Å². The lowest BCUT2D eigenvalue weighted by Crippen LogP contribution is -2.19. The van der Waals surface area contributed by atoms with Crippen LogP contribution in [-0.2, 0) is 21.7 Å². The normalized spacial score (nSPS) is 12.8. The van der Waals surface area contributed by atoms with E-state index in [-0.39, 0.29) is 21.7 Å². The standard InChI is InChI=1S/C56H60N2/c1-53(2,3)39-31-40(54(4,5)6)34-45(33-39)57(43-19-15-13-16-20-43)49-29-25-37-24-28-48-50(30-26-38-23-27-47(49)51(37)52(38)48)58(44-21-17-14-18-22-44)46-35-41(55(7,8)9)32-42(36-46)56(10,11)12/h13-36H,1-12H3. The number of hydrogen-bond acceptors (Lipinski definition) is 2. The summed E-state index contributed by atoms with van der Waals surface area (Å²) in [6.45, 7) is 27.8. The molecule has 0 aliphatic heterocycles. The van der Waals surface area contributed by atoms with Crippen LogP contribution in [0.3, 0.4) is 0 Å². The maximum atomic E-state index is 2.49. The second-order valence-electron chi connectivity index (χ2n) is 20.5. The molecule has 8 rings (SSSR count). The van der Waals surface area contributed by atoms with E-state index < -0.39 is 0 Å². The lowest BCUT2D eigenvalue weighted by atomic mass is 9.80. The number of benzene rings is 8. The third-order valence-corrected chi connectivity index (χ3v) is 11.9. The molecule has 0 unspecified atom stereocenters. The average molecular weight is 761 g/mol. The van der Waals surface area contributed by atoms with Crippen molar-refractivity contribution < 1.29 is 0 Å². The van der Waals surface area contributed by atoms with Crippen LogP contribution >= 0.6 is 0 Å². The first-order valence-electron chi connectivity index (χ1n) is 21.0. The van der Waals surface area contributed by atoms with Crippen molar-refractivity contribution in [1.29, 1.82) is 0 Å². The summed E-state index contributed by atoms with van der Waals surface area (Å²) >= 11 is 0. The Balaban J connectivity index is 1.42. The van der Waals surface area contributed by atoms with Crippen LogP contribution in [0.15, 0.2) is 146 Å². The predicted octanol–water partition coefficient (Wildman–Crippen LogP) is 16.7. The molecule has 0 aromatic heterocycles. The first-order chi connectivity index (χ1) is 27.3. The van der Waals surface area contributed by atoms with Gasteiger partial charge in [-0.15, -0.1) is 0 Å². The fourth-order valence-corrected chi connectivity index (χ4v) is 8.38. The summed E-state index contributed by atoms with van der Waals surface area (Å²) < 4.78 is 0. The molecule has 8 aromatic rings. The molecule has 0 amide bonds. The van der Waals surface area contributed by atoms with Crippen LogP contribution in [0, 0.1) is 0 Å². The smallest absolute Gasteiger partial charge is 0.0540 e. The summed E-state index contributed by atoms with van der Waals surface area (Å²) in [5, 5.41) is 7.57. The fraction of sp³-hybridized carbons (Fsp3) is 0.286. The molecule has 8 aromatic carbocycles. The zero-order valence-corrected chi connectivity index (χ0v) is 36.8. The number of nitrogens with zero attached hydrogens (tertiary/aromatic N) is 2. The molecular formula is C56H60N2. The predicted molar refractivity (Wildman–Crippen MR) is 254 cm³/mol. The van der Waals surface area contributed by atoms with E-state index in [1.807, 2.05) is 0 Å². The minimum atomic E-state index is -0.0118. The first kappa shape index (κ1) is 39.2. The SMILES string of the molecule is CC(C)(C)c1cc(N(c2ccccc2)c2ccc3ccc4c(N(c5ccccc5)c5cc(C(C)(C)C)cc(C(C)(C)C)c5)ccc5ccc2c3c54)cc(C(C)(C)C)c1. The quantitative estimate of drug-likeness (QED) is 0.156. The number of anilines is 6. The van der Waals surface area contributed by atoms with Gasteiger partial charge in [0.05, 0.1) is 11.4 Å². The van der Waals surface area contributed by atoms with Crippen LogP contribution in [0.4, 0.5) is 34.1 Å². The maximum absolute atomic E-state index is 2.49. The Kier molecular flexibility index (Phi) is 9.50. The molecule has 2 heteroatoms. The van der Waals surface area contributed by atoms with Crippen LogP contribution in [0.25, 0.3) is 32.3 Å². The van der Waals surface area contributed by atoms with Gasteiger partial charge in [0.25, 0.3) is 0 Å². The van der Waals surface area contributed by atoms with Gasteiger partial charge in [-0.05, 0) is 126 Å². The van der Waals surface area contributed by atoms with Crippen LogP contribution in [0.2, 0.25) is 0 Å². The van der Waals surface area contributed by atoms with Crippen molar-refractivity contribution in [2.45, 2.75) is 105 Å². The third kappa shape index (κ3) is 7.23. The number of rotatable bonds is 6. The highest BCUT2D eigenvalue weighted by Gasteiger charge is 2.27. The molecule has 0 bridgehead atoms. The molecular weight excluding hydrogens is 701 g/mol. The Morgan fingerprint density at radius 2 is 0.586 bits per heavy atom. The van der Waals surface area contributed by atoms with E-state index in [1.54, 1.807) is 0 Å². The van der Waals surface area contributed by atoms with Gasteiger partial charge in [0.1, 0.15) is 0 Å². The molecule has 0 fully saturated rings. The van der Waals surface area contributed by atoms with Crippen molar-refractivity contribution in [3.63, 3.8) is 0 Å². The van der Waals surface area contributed by atoms with E-state index in [9.17, 15) is 0 Å². The van der Waals surface area contributed by atoms with Gasteiger partial charge in [-0.25, -0.2) is 0 Å². The molecule has 0 heterocycles. The summed E-state index contributed by atoms with van der Waals surface area (Å²) in [5.41, 5.74) is 12.3. The van der Waals surface area contributed by atoms with E-state index >= 15 is 0 Å². The highest BCUT2D eigenvalue weighted by Crippen LogP contribution is 2.49. The molecule has 58 heavy (non-hydrogen) atoms. The topological polar surface area (TPSA) is 6.48 Å². The van der Waals surface area contributed by atoms with Crippen molar-refractivity contribution in [1.82, 2.24) is 0 Å². The van der Waals surface area contributed by atoms with Gasteiger partial charge in [-0.1, -0.05) is 168 Å². The van der Waals surface area contributed by atoms with Crippen molar-refractivity contribution >= 4 is 66.4 Å². The van der Waals surface area contributed by atoms with Gasteiger partial charge in [-0.2, -0.15) is 0 Å². The molecule has 294 valence electrons. The zero-order chi connectivity index (χ0) is 41.4. The van der Waals surface area contributed by atoms with Gasteiger partial charge in [0, 0.05) is 33.5 Å². The fourth-order valence-electron chi connectivity index (χ4n) is 8.38. The highest BCUT2D eigenvalue weighted by atomic mass is 15.1. The molecule has 0 saturated heterocycles. The minimum Gasteiger partial charge on any atom is -0.310 e. The summed E-state index contributed by atoms with van der Waals surface area (Å²) in [6, 6.07) is 55.0. The summed E-state index contributed by atoms with van der Waals surface area (Å²) in [7, 11) is 0. The monoisotopic (exact) mass is 760 g/mol. The van der Waals surface area contributed by atoms with Crippen LogP contribution in [0.1, 0.15) is 105 Å². The average Bonchev–Trinajstić information content (AvgIpc) is 3.17. The lowest BCUT2D eigenvalue weighted by molar-refractivity contribution is 0.568. The zero-order valence-electron chi connectivity index (χ0n) is 36.8. The molecule has 0 N–H and O–H groups in total. The van der Waals surface area contributed by atoms with E-state index in [4.69, 9.17) is 0 Å². The van der Waals surface area contributed by atoms with Crippen LogP contribution < -0.4 is 9.80 Å². The van der Waals surface area contributed by atoms with Crippen molar-refractivity contribution in [2.24, 2.45) is 0 Å². The van der Waals surface area contributed by atoms with Gasteiger partial charge < -0.3 is 9.80 Å². The van der Waals surface area contributed by atoms with Gasteiger partial charge in [0.2, 0.25) is 0 Å². The van der Waals surface area contributed by atoms with Crippen molar-refractivity contribution in [2.75, 3.05) is 9.80 Å². The molecule has 0 saturated carbocycles. The Hall–Kier alpha value is -5.60. The molecule has 2 nitrogen and oxygen atoms in total. The first-order valence-corrected chi connectivity index (χ1v) is 21.0. The van der Waals surface area contributed by atoms with Crippen LogP contribution in [0.5, 0.6) is 0 Å². The van der Waals surface area contributed by atoms with Gasteiger partial charge in [0.15, 0.2) is 0 Å². The summed E-state index contributed by atoms with van der Waals surface area (Å²) in [6.07, 6.45) is 0. The third-order valence-electron chi connectivity index (χ3n) is 11.9. The van der Waals surface area contributed by atoms with E-state index in [2.05, 4.69) is 238 Å². The molecule has 0 aliphatic carbocycles. The Morgan fingerprint density at radius 3 is 0.879 bits per heavy atom. The van der Waals surface area contributed by atoms with Crippen molar-refractivity contribution in [3.05, 3.63) is 168 Å². The number of para-hydroxylation sites is 2.